The Kier molecular flexibility index (Phi) is 4.58. The summed E-state index contributed by atoms with van der Waals surface area (Å²) in [6.07, 6.45) is 8.38. The Balaban J connectivity index is 1.62. The summed E-state index contributed by atoms with van der Waals surface area (Å²) in [5, 5.41) is 12.9. The molecule has 2 amide bonds. The fraction of sp³-hybridized carbons (Fsp3) is 0.550. The number of carbonyl (C=O) groups is 3. The van der Waals surface area contributed by atoms with Crippen LogP contribution >= 0.6 is 11.3 Å². The quantitative estimate of drug-likeness (QED) is 0.674. The van der Waals surface area contributed by atoms with Crippen molar-refractivity contribution in [3.63, 3.8) is 0 Å². The van der Waals surface area contributed by atoms with Gasteiger partial charge in [-0.3, -0.25) is 14.4 Å². The highest BCUT2D eigenvalue weighted by Crippen LogP contribution is 2.49. The highest BCUT2D eigenvalue weighted by molar-refractivity contribution is 7.17. The standard InChI is InChI=1S/C20H24N2O4S/c1-2-9-3-6-12-13(7-9)27-19(16(12)17(21)23)22-18(24)14-10-4-5-11(8-10)15(14)20(25)26/h4-5,9-11,14-15H,2-3,6-8H2,1H3,(H2,21,23)(H,22,24)(H,25,26)/t9-,10+,11+,14+,15-/m1/s1. The van der Waals surface area contributed by atoms with Crippen molar-refractivity contribution < 1.29 is 19.5 Å². The van der Waals surface area contributed by atoms with Crippen molar-refractivity contribution in [2.24, 2.45) is 35.3 Å². The third-order valence-electron chi connectivity index (χ3n) is 6.47. The van der Waals surface area contributed by atoms with Gasteiger partial charge in [0.15, 0.2) is 0 Å². The predicted molar refractivity (Wildman–Crippen MR) is 103 cm³/mol. The van der Waals surface area contributed by atoms with E-state index in [4.69, 9.17) is 5.73 Å². The number of fused-ring (bicyclic) bond motifs is 3. The van der Waals surface area contributed by atoms with E-state index in [9.17, 15) is 19.5 Å². The first kappa shape index (κ1) is 18.2. The molecule has 0 radical (unpaired) electrons. The largest absolute Gasteiger partial charge is 0.481 e. The second-order valence-corrected chi connectivity index (χ2v) is 9.02. The van der Waals surface area contributed by atoms with Crippen LogP contribution in [0.4, 0.5) is 5.00 Å². The molecule has 2 bridgehead atoms. The molecule has 1 saturated carbocycles. The Hall–Kier alpha value is -2.15. The monoisotopic (exact) mass is 388 g/mol. The molecule has 0 spiro atoms. The van der Waals surface area contributed by atoms with Crippen LogP contribution in [0.25, 0.3) is 0 Å². The van der Waals surface area contributed by atoms with E-state index in [1.165, 1.54) is 11.3 Å². The van der Waals surface area contributed by atoms with Crippen LogP contribution in [0.5, 0.6) is 0 Å². The topological polar surface area (TPSA) is 109 Å². The number of nitrogens with one attached hydrogen (secondary N) is 1. The molecule has 1 aromatic heterocycles. The van der Waals surface area contributed by atoms with Crippen molar-refractivity contribution in [3.8, 4) is 0 Å². The van der Waals surface area contributed by atoms with Crippen LogP contribution in [0, 0.1) is 29.6 Å². The Morgan fingerprint density at radius 1 is 1.26 bits per heavy atom. The van der Waals surface area contributed by atoms with Crippen LogP contribution in [-0.4, -0.2) is 22.9 Å². The number of hydrogen-bond donors (Lipinski definition) is 3. The number of amides is 2. The van der Waals surface area contributed by atoms with Crippen molar-refractivity contribution in [2.45, 2.75) is 39.0 Å². The summed E-state index contributed by atoms with van der Waals surface area (Å²) < 4.78 is 0. The molecule has 0 unspecified atom stereocenters. The summed E-state index contributed by atoms with van der Waals surface area (Å²) in [6, 6.07) is 0. The van der Waals surface area contributed by atoms with Gasteiger partial charge in [-0.1, -0.05) is 25.5 Å². The minimum Gasteiger partial charge on any atom is -0.481 e. The number of rotatable bonds is 5. The average molecular weight is 388 g/mol. The smallest absolute Gasteiger partial charge is 0.307 e. The molecule has 0 saturated heterocycles. The maximum atomic E-state index is 13.0. The van der Waals surface area contributed by atoms with Crippen LogP contribution in [-0.2, 0) is 22.4 Å². The Morgan fingerprint density at radius 3 is 2.59 bits per heavy atom. The van der Waals surface area contributed by atoms with Crippen molar-refractivity contribution in [1.29, 1.82) is 0 Å². The molecule has 7 heteroatoms. The lowest BCUT2D eigenvalue weighted by Crippen LogP contribution is -2.36. The van der Waals surface area contributed by atoms with E-state index in [0.717, 1.165) is 36.1 Å². The van der Waals surface area contributed by atoms with Gasteiger partial charge < -0.3 is 16.2 Å². The Labute approximate surface area is 161 Å². The molecule has 144 valence electrons. The zero-order chi connectivity index (χ0) is 19.3. The van der Waals surface area contributed by atoms with E-state index >= 15 is 0 Å². The maximum absolute atomic E-state index is 13.0. The van der Waals surface area contributed by atoms with Gasteiger partial charge in [0.25, 0.3) is 5.91 Å². The molecule has 1 fully saturated rings. The Morgan fingerprint density at radius 2 is 1.96 bits per heavy atom. The number of hydrogen-bond acceptors (Lipinski definition) is 4. The molecule has 1 heterocycles. The molecule has 0 aromatic carbocycles. The highest BCUT2D eigenvalue weighted by Gasteiger charge is 2.51. The first-order valence-electron chi connectivity index (χ1n) is 9.57. The van der Waals surface area contributed by atoms with Gasteiger partial charge in [-0.25, -0.2) is 0 Å². The SMILES string of the molecule is CC[C@@H]1CCc2c(sc(NC(=O)[C@@H]3[C@H](C(=O)O)[C@H]4C=C[C@H]3C4)c2C(N)=O)C1. The number of primary amides is 1. The number of carboxylic acids is 1. The van der Waals surface area contributed by atoms with Gasteiger partial charge in [0.2, 0.25) is 5.91 Å². The molecule has 0 aliphatic heterocycles. The van der Waals surface area contributed by atoms with Crippen LogP contribution in [0.1, 0.15) is 47.0 Å². The van der Waals surface area contributed by atoms with Gasteiger partial charge in [0.05, 0.1) is 17.4 Å². The average Bonchev–Trinajstić information content (AvgIpc) is 3.32. The van der Waals surface area contributed by atoms with Crippen LogP contribution < -0.4 is 11.1 Å². The second-order valence-electron chi connectivity index (χ2n) is 7.92. The number of thiophene rings is 1. The molecular weight excluding hydrogens is 364 g/mol. The fourth-order valence-electron chi connectivity index (χ4n) is 5.06. The molecule has 1 aromatic rings. The van der Waals surface area contributed by atoms with Crippen molar-refractivity contribution >= 4 is 34.1 Å². The van der Waals surface area contributed by atoms with Crippen LogP contribution in [0.15, 0.2) is 12.2 Å². The van der Waals surface area contributed by atoms with E-state index in [1.807, 2.05) is 12.2 Å². The number of carboxylic acid groups (broad SMARTS) is 1. The van der Waals surface area contributed by atoms with Gasteiger partial charge in [-0.05, 0) is 49.0 Å². The zero-order valence-corrected chi connectivity index (χ0v) is 16.1. The van der Waals surface area contributed by atoms with E-state index in [1.54, 1.807) is 0 Å². The summed E-state index contributed by atoms with van der Waals surface area (Å²) in [4.78, 5) is 37.9. The first-order chi connectivity index (χ1) is 12.9. The minimum absolute atomic E-state index is 0.0489. The third kappa shape index (κ3) is 2.98. The molecule has 6 nitrogen and oxygen atoms in total. The normalized spacial score (nSPS) is 30.9. The first-order valence-corrected chi connectivity index (χ1v) is 10.4. The Bertz CT molecular complexity index is 843. The zero-order valence-electron chi connectivity index (χ0n) is 15.2. The summed E-state index contributed by atoms with van der Waals surface area (Å²) in [7, 11) is 0. The summed E-state index contributed by atoms with van der Waals surface area (Å²) in [5.74, 6) is -2.61. The number of aliphatic carboxylic acids is 1. The molecule has 4 rings (SSSR count). The molecule has 27 heavy (non-hydrogen) atoms. The van der Waals surface area contributed by atoms with E-state index in [-0.39, 0.29) is 17.7 Å². The van der Waals surface area contributed by atoms with Crippen molar-refractivity contribution in [2.75, 3.05) is 5.32 Å². The molecule has 5 atom stereocenters. The number of allylic oxidation sites excluding steroid dienone is 2. The fourth-order valence-corrected chi connectivity index (χ4v) is 6.43. The summed E-state index contributed by atoms with van der Waals surface area (Å²) in [6.45, 7) is 2.16. The third-order valence-corrected chi connectivity index (χ3v) is 7.64. The lowest BCUT2D eigenvalue weighted by Gasteiger charge is -2.23. The predicted octanol–water partition coefficient (Wildman–Crippen LogP) is 2.82. The highest BCUT2D eigenvalue weighted by atomic mass is 32.1. The van der Waals surface area contributed by atoms with Gasteiger partial charge >= 0.3 is 5.97 Å². The van der Waals surface area contributed by atoms with Gasteiger partial charge in [-0.15, -0.1) is 11.3 Å². The number of nitrogens with two attached hydrogens (primary N) is 1. The number of anilines is 1. The lowest BCUT2D eigenvalue weighted by atomic mass is 9.82. The molecule has 3 aliphatic carbocycles. The molecular formula is C20H24N2O4S. The van der Waals surface area contributed by atoms with Gasteiger partial charge in [-0.2, -0.15) is 0 Å². The van der Waals surface area contributed by atoms with E-state index < -0.39 is 23.7 Å². The second kappa shape index (κ2) is 6.78. The van der Waals surface area contributed by atoms with Crippen LogP contribution in [0.2, 0.25) is 0 Å². The van der Waals surface area contributed by atoms with Gasteiger partial charge in [0.1, 0.15) is 5.00 Å². The molecule has 4 N–H and O–H groups in total. The summed E-state index contributed by atoms with van der Waals surface area (Å²) >= 11 is 1.43. The minimum atomic E-state index is -0.932. The van der Waals surface area contributed by atoms with Crippen LogP contribution in [0.3, 0.4) is 0 Å². The molecule has 3 aliphatic rings. The summed E-state index contributed by atoms with van der Waals surface area (Å²) in [5.41, 5.74) is 7.01. The number of carbonyl (C=O) groups excluding carboxylic acids is 2. The van der Waals surface area contributed by atoms with Crippen molar-refractivity contribution in [3.05, 3.63) is 28.2 Å². The van der Waals surface area contributed by atoms with E-state index in [2.05, 4.69) is 12.2 Å². The van der Waals surface area contributed by atoms with Gasteiger partial charge in [0, 0.05) is 4.88 Å². The maximum Gasteiger partial charge on any atom is 0.307 e. The lowest BCUT2D eigenvalue weighted by molar-refractivity contribution is -0.146. The van der Waals surface area contributed by atoms with E-state index in [0.29, 0.717) is 22.9 Å². The van der Waals surface area contributed by atoms with Crippen molar-refractivity contribution in [1.82, 2.24) is 0 Å².